The summed E-state index contributed by atoms with van der Waals surface area (Å²) in [5, 5.41) is 5.56. The molecule has 1 N–H and O–H groups in total. The number of benzene rings is 3. The summed E-state index contributed by atoms with van der Waals surface area (Å²) in [6.07, 6.45) is -0.523. The van der Waals surface area contributed by atoms with Crippen molar-refractivity contribution < 1.29 is 24.0 Å². The smallest absolute Gasteiger partial charge is 0.427 e. The highest BCUT2D eigenvalue weighted by Crippen LogP contribution is 2.46. The van der Waals surface area contributed by atoms with Crippen molar-refractivity contribution in [3.05, 3.63) is 94.0 Å². The van der Waals surface area contributed by atoms with Crippen molar-refractivity contribution in [1.29, 1.82) is 0 Å². The summed E-state index contributed by atoms with van der Waals surface area (Å²) < 4.78 is 5.24. The average molecular weight is 626 g/mol. The molecule has 1 atom stereocenters. The maximum Gasteiger partial charge on any atom is 0.528 e. The monoisotopic (exact) mass is 624 g/mol. The molecule has 0 saturated carbocycles. The molecule has 5 rings (SSSR count). The lowest BCUT2D eigenvalue weighted by atomic mass is 9.82. The van der Waals surface area contributed by atoms with Crippen LogP contribution in [0.5, 0.6) is 0 Å². The minimum absolute atomic E-state index is 0.0764. The number of para-hydroxylation sites is 1. The summed E-state index contributed by atoms with van der Waals surface area (Å²) in [4.78, 5) is 49.1. The van der Waals surface area contributed by atoms with Gasteiger partial charge in [0.05, 0.1) is 19.6 Å². The van der Waals surface area contributed by atoms with Crippen LogP contribution >= 0.6 is 23.2 Å². The van der Waals surface area contributed by atoms with Crippen LogP contribution < -0.4 is 10.2 Å². The van der Waals surface area contributed by atoms with Gasteiger partial charge in [-0.2, -0.15) is 0 Å². The van der Waals surface area contributed by atoms with E-state index in [0.717, 1.165) is 5.56 Å². The highest BCUT2D eigenvalue weighted by molar-refractivity contribution is 6.31. The van der Waals surface area contributed by atoms with Crippen LogP contribution in [0.1, 0.15) is 31.9 Å². The maximum absolute atomic E-state index is 14.2. The number of piperazine rings is 1. The first kappa shape index (κ1) is 30.7. The van der Waals surface area contributed by atoms with Crippen molar-refractivity contribution >= 4 is 52.5 Å². The molecule has 0 spiro atoms. The predicted molar refractivity (Wildman–Crippen MR) is 166 cm³/mol. The lowest BCUT2D eigenvalue weighted by Crippen LogP contribution is -2.58. The van der Waals surface area contributed by atoms with Crippen LogP contribution in [0.4, 0.5) is 16.2 Å². The van der Waals surface area contributed by atoms with Gasteiger partial charge in [0, 0.05) is 46.5 Å². The first-order valence-corrected chi connectivity index (χ1v) is 14.8. The van der Waals surface area contributed by atoms with Crippen LogP contribution in [0.2, 0.25) is 10.0 Å². The van der Waals surface area contributed by atoms with Gasteiger partial charge < -0.3 is 24.7 Å². The van der Waals surface area contributed by atoms with E-state index in [1.807, 2.05) is 59.5 Å². The van der Waals surface area contributed by atoms with E-state index in [1.54, 1.807) is 43.9 Å². The molecule has 3 aromatic rings. The summed E-state index contributed by atoms with van der Waals surface area (Å²) >= 11 is 12.7. The van der Waals surface area contributed by atoms with Gasteiger partial charge in [0.1, 0.15) is 5.60 Å². The lowest BCUT2D eigenvalue weighted by molar-refractivity contribution is -0.163. The molecule has 0 radical (unpaired) electrons. The number of hydroxylamine groups is 2. The Hall–Kier alpha value is -3.79. The number of halogens is 2. The maximum atomic E-state index is 14.2. The zero-order chi connectivity index (χ0) is 30.8. The highest BCUT2D eigenvalue weighted by Gasteiger charge is 2.52. The van der Waals surface area contributed by atoms with Gasteiger partial charge in [0.2, 0.25) is 5.91 Å². The van der Waals surface area contributed by atoms with E-state index in [4.69, 9.17) is 32.8 Å². The predicted octanol–water partition coefficient (Wildman–Crippen LogP) is 5.90. The molecule has 2 aliphatic heterocycles. The number of rotatable bonds is 7. The van der Waals surface area contributed by atoms with Crippen LogP contribution in [0, 0.1) is 0 Å². The number of ether oxygens (including phenoxy) is 1. The molecule has 0 aromatic heterocycles. The molecular weight excluding hydrogens is 591 g/mol. The largest absolute Gasteiger partial charge is 0.528 e. The standard InChI is InChI=1S/C32H34Cl2N4O5/c1-31(2,3)42-30(41)43-37-16-14-36(15-17-37)28(39)21-38(25-10-5-4-6-11-25)32(20-22-8-7-9-23(33)18-22)26-13-12-24(34)19-27(26)35-29(32)40/h4-13,18-19H,14-17,20-21H2,1-3H3,(H,35,40). The van der Waals surface area contributed by atoms with E-state index in [1.165, 1.54) is 5.06 Å². The van der Waals surface area contributed by atoms with Gasteiger partial charge in [0.25, 0.3) is 5.91 Å². The van der Waals surface area contributed by atoms with E-state index in [9.17, 15) is 14.4 Å². The average Bonchev–Trinajstić information content (AvgIpc) is 3.21. The minimum Gasteiger partial charge on any atom is -0.427 e. The van der Waals surface area contributed by atoms with Crippen LogP contribution in [-0.4, -0.2) is 66.3 Å². The van der Waals surface area contributed by atoms with E-state index >= 15 is 0 Å². The quantitative estimate of drug-likeness (QED) is 0.327. The fraction of sp³-hybridized carbons (Fsp3) is 0.344. The molecular formula is C32H34Cl2N4O5. The zero-order valence-electron chi connectivity index (χ0n) is 24.3. The van der Waals surface area contributed by atoms with Gasteiger partial charge in [-0.1, -0.05) is 59.6 Å². The van der Waals surface area contributed by atoms with Crippen LogP contribution in [0.3, 0.4) is 0 Å². The third-order valence-corrected chi connectivity index (χ3v) is 7.88. The van der Waals surface area contributed by atoms with Gasteiger partial charge in [-0.25, -0.2) is 4.79 Å². The third-order valence-electron chi connectivity index (χ3n) is 7.41. The topological polar surface area (TPSA) is 91.4 Å². The summed E-state index contributed by atoms with van der Waals surface area (Å²) in [7, 11) is 0. The van der Waals surface area contributed by atoms with Gasteiger partial charge in [-0.05, 0) is 62.7 Å². The molecule has 43 heavy (non-hydrogen) atoms. The van der Waals surface area contributed by atoms with E-state index in [0.29, 0.717) is 53.2 Å². The first-order chi connectivity index (χ1) is 20.4. The van der Waals surface area contributed by atoms with Crippen molar-refractivity contribution in [2.24, 2.45) is 0 Å². The summed E-state index contributed by atoms with van der Waals surface area (Å²) in [5.41, 5.74) is 0.917. The van der Waals surface area contributed by atoms with Gasteiger partial charge in [-0.3, -0.25) is 9.59 Å². The lowest BCUT2D eigenvalue weighted by Gasteiger charge is -2.43. The minimum atomic E-state index is -1.27. The second-order valence-corrected chi connectivity index (χ2v) is 12.5. The zero-order valence-corrected chi connectivity index (χ0v) is 25.8. The number of hydrogen-bond donors (Lipinski definition) is 1. The second-order valence-electron chi connectivity index (χ2n) is 11.6. The van der Waals surface area contributed by atoms with Crippen molar-refractivity contribution in [2.75, 3.05) is 42.9 Å². The van der Waals surface area contributed by atoms with Crippen LogP contribution in [0.15, 0.2) is 72.8 Å². The van der Waals surface area contributed by atoms with Gasteiger partial charge in [-0.15, -0.1) is 5.06 Å². The summed E-state index contributed by atoms with van der Waals surface area (Å²) in [6.45, 7) is 6.54. The number of anilines is 2. The Balaban J connectivity index is 1.45. The summed E-state index contributed by atoms with van der Waals surface area (Å²) in [5.74, 6) is -0.432. The SMILES string of the molecule is CC(C)(C)OC(=O)ON1CCN(C(=O)CN(c2ccccc2)C2(Cc3cccc(Cl)c3)C(=O)Nc3cc(Cl)ccc32)CC1. The molecule has 2 amide bonds. The van der Waals surface area contributed by atoms with E-state index < -0.39 is 17.3 Å². The molecule has 2 heterocycles. The molecule has 1 unspecified atom stereocenters. The molecule has 226 valence electrons. The number of nitrogens with zero attached hydrogens (tertiary/aromatic N) is 3. The second kappa shape index (κ2) is 12.4. The van der Waals surface area contributed by atoms with Crippen LogP contribution in [0.25, 0.3) is 0 Å². The Labute approximate surface area is 261 Å². The van der Waals surface area contributed by atoms with Crippen molar-refractivity contribution in [2.45, 2.75) is 38.3 Å². The third kappa shape index (κ3) is 6.90. The Morgan fingerprint density at radius 3 is 2.30 bits per heavy atom. The summed E-state index contributed by atoms with van der Waals surface area (Å²) in [6, 6.07) is 22.1. The number of fused-ring (bicyclic) bond motifs is 1. The normalized spacial score (nSPS) is 18.5. The molecule has 0 aliphatic carbocycles. The van der Waals surface area contributed by atoms with E-state index in [2.05, 4.69) is 5.32 Å². The van der Waals surface area contributed by atoms with Crippen LogP contribution in [-0.2, 0) is 31.1 Å². The first-order valence-electron chi connectivity index (χ1n) is 14.1. The number of carbonyl (C=O) groups excluding carboxylic acids is 3. The van der Waals surface area contributed by atoms with Gasteiger partial charge >= 0.3 is 6.16 Å². The number of amides is 2. The number of nitrogens with one attached hydrogen (secondary N) is 1. The Bertz CT molecular complexity index is 1510. The van der Waals surface area contributed by atoms with Crippen molar-refractivity contribution in [1.82, 2.24) is 9.96 Å². The fourth-order valence-corrected chi connectivity index (χ4v) is 5.89. The molecule has 2 aliphatic rings. The van der Waals surface area contributed by atoms with Gasteiger partial charge in [0.15, 0.2) is 5.54 Å². The van der Waals surface area contributed by atoms with E-state index in [-0.39, 0.29) is 24.8 Å². The Morgan fingerprint density at radius 1 is 0.930 bits per heavy atom. The number of hydrogen-bond acceptors (Lipinski definition) is 7. The Morgan fingerprint density at radius 2 is 1.63 bits per heavy atom. The fourth-order valence-electron chi connectivity index (χ4n) is 5.50. The Kier molecular flexibility index (Phi) is 8.87. The molecule has 1 saturated heterocycles. The molecule has 11 heteroatoms. The molecule has 3 aromatic carbocycles. The van der Waals surface area contributed by atoms with Crippen molar-refractivity contribution in [3.8, 4) is 0 Å². The number of carbonyl (C=O) groups is 3. The highest BCUT2D eigenvalue weighted by atomic mass is 35.5. The molecule has 0 bridgehead atoms. The molecule has 9 nitrogen and oxygen atoms in total. The molecule has 1 fully saturated rings. The van der Waals surface area contributed by atoms with Crippen molar-refractivity contribution in [3.63, 3.8) is 0 Å².